The third kappa shape index (κ3) is 3.46. The molecular formula is C12H24N2O2. The van der Waals surface area contributed by atoms with Crippen molar-refractivity contribution >= 4 is 5.91 Å². The molecule has 1 fully saturated rings. The van der Waals surface area contributed by atoms with Gasteiger partial charge in [0.25, 0.3) is 0 Å². The molecule has 0 spiro atoms. The van der Waals surface area contributed by atoms with E-state index in [1.54, 1.807) is 0 Å². The van der Waals surface area contributed by atoms with E-state index in [4.69, 9.17) is 10.5 Å². The Labute approximate surface area is 98.1 Å². The first-order chi connectivity index (χ1) is 7.72. The summed E-state index contributed by atoms with van der Waals surface area (Å²) >= 11 is 0. The lowest BCUT2D eigenvalue weighted by atomic mass is 9.93. The average Bonchev–Trinajstić information content (AvgIpc) is 2.80. The predicted octanol–water partition coefficient (Wildman–Crippen LogP) is 0.856. The Hall–Kier alpha value is -0.610. The molecule has 1 rings (SSSR count). The first-order valence-corrected chi connectivity index (χ1v) is 6.29. The minimum atomic E-state index is -0.0217. The van der Waals surface area contributed by atoms with E-state index < -0.39 is 0 Å². The number of nitrogens with zero attached hydrogens (tertiary/aromatic N) is 1. The Balaban J connectivity index is 2.48. The van der Waals surface area contributed by atoms with E-state index >= 15 is 0 Å². The fraction of sp³-hybridized carbons (Fsp3) is 0.917. The zero-order valence-corrected chi connectivity index (χ0v) is 10.4. The van der Waals surface area contributed by atoms with Crippen molar-refractivity contribution < 1.29 is 9.53 Å². The lowest BCUT2D eigenvalue weighted by Gasteiger charge is -2.25. The van der Waals surface area contributed by atoms with Crippen LogP contribution < -0.4 is 5.73 Å². The summed E-state index contributed by atoms with van der Waals surface area (Å²) in [4.78, 5) is 14.0. The third-order valence-electron chi connectivity index (χ3n) is 3.35. The highest BCUT2D eigenvalue weighted by Crippen LogP contribution is 2.22. The maximum atomic E-state index is 12.1. The second kappa shape index (κ2) is 6.86. The zero-order valence-electron chi connectivity index (χ0n) is 10.4. The first-order valence-electron chi connectivity index (χ1n) is 6.29. The topological polar surface area (TPSA) is 55.6 Å². The molecule has 0 radical (unpaired) electrons. The molecule has 0 aromatic heterocycles. The van der Waals surface area contributed by atoms with Gasteiger partial charge >= 0.3 is 0 Å². The number of rotatable bonds is 6. The Morgan fingerprint density at radius 3 is 2.62 bits per heavy atom. The van der Waals surface area contributed by atoms with Crippen LogP contribution in [0.3, 0.4) is 0 Å². The normalized spacial score (nSPS) is 22.1. The van der Waals surface area contributed by atoms with Crippen LogP contribution in [0, 0.1) is 11.8 Å². The molecule has 94 valence electrons. The summed E-state index contributed by atoms with van der Waals surface area (Å²) in [6.07, 6.45) is 1.95. The highest BCUT2D eigenvalue weighted by molar-refractivity contribution is 5.79. The van der Waals surface area contributed by atoms with E-state index in [1.165, 1.54) is 0 Å². The first kappa shape index (κ1) is 13.5. The number of ether oxygens (including phenoxy) is 1. The van der Waals surface area contributed by atoms with E-state index in [9.17, 15) is 4.79 Å². The van der Waals surface area contributed by atoms with Gasteiger partial charge in [-0.3, -0.25) is 4.79 Å². The third-order valence-corrected chi connectivity index (χ3v) is 3.35. The van der Waals surface area contributed by atoms with Crippen molar-refractivity contribution in [1.82, 2.24) is 4.90 Å². The smallest absolute Gasteiger partial charge is 0.226 e. The van der Waals surface area contributed by atoms with E-state index in [-0.39, 0.29) is 11.8 Å². The second-order valence-electron chi connectivity index (χ2n) is 4.41. The van der Waals surface area contributed by atoms with E-state index in [0.717, 1.165) is 39.1 Å². The molecule has 0 aromatic rings. The number of nitrogens with two attached hydrogens (primary N) is 1. The molecule has 1 aliphatic rings. The summed E-state index contributed by atoms with van der Waals surface area (Å²) in [5.74, 6) is 0.707. The van der Waals surface area contributed by atoms with Crippen molar-refractivity contribution in [3.05, 3.63) is 0 Å². The average molecular weight is 228 g/mol. The van der Waals surface area contributed by atoms with Crippen molar-refractivity contribution in [2.75, 3.05) is 32.8 Å². The van der Waals surface area contributed by atoms with Crippen LogP contribution in [0.25, 0.3) is 0 Å². The van der Waals surface area contributed by atoms with E-state index in [0.29, 0.717) is 12.5 Å². The van der Waals surface area contributed by atoms with Gasteiger partial charge in [-0.05, 0) is 32.6 Å². The molecule has 0 bridgehead atoms. The molecule has 1 aliphatic heterocycles. The summed E-state index contributed by atoms with van der Waals surface area (Å²) in [7, 11) is 0. The van der Waals surface area contributed by atoms with Gasteiger partial charge in [-0.1, -0.05) is 0 Å². The molecule has 16 heavy (non-hydrogen) atoms. The van der Waals surface area contributed by atoms with Crippen LogP contribution in [-0.4, -0.2) is 43.7 Å². The summed E-state index contributed by atoms with van der Waals surface area (Å²) in [6, 6.07) is 0. The van der Waals surface area contributed by atoms with Crippen LogP contribution in [0.4, 0.5) is 0 Å². The lowest BCUT2D eigenvalue weighted by Crippen LogP contribution is -2.39. The van der Waals surface area contributed by atoms with Gasteiger partial charge < -0.3 is 15.4 Å². The summed E-state index contributed by atoms with van der Waals surface area (Å²) in [5, 5.41) is 0. The zero-order chi connectivity index (χ0) is 12.0. The van der Waals surface area contributed by atoms with Gasteiger partial charge in [0.1, 0.15) is 0 Å². The molecule has 0 aromatic carbocycles. The molecular weight excluding hydrogens is 204 g/mol. The monoisotopic (exact) mass is 228 g/mol. The Morgan fingerprint density at radius 1 is 1.50 bits per heavy atom. The van der Waals surface area contributed by atoms with Crippen molar-refractivity contribution in [3.8, 4) is 0 Å². The van der Waals surface area contributed by atoms with Gasteiger partial charge in [0, 0.05) is 32.8 Å². The number of amides is 1. The molecule has 1 amide bonds. The number of hydrogen-bond acceptors (Lipinski definition) is 3. The van der Waals surface area contributed by atoms with Gasteiger partial charge in [-0.25, -0.2) is 0 Å². The molecule has 0 aliphatic carbocycles. The van der Waals surface area contributed by atoms with Crippen LogP contribution in [0.5, 0.6) is 0 Å². The van der Waals surface area contributed by atoms with Gasteiger partial charge in [0.05, 0.1) is 5.92 Å². The molecule has 2 N–H and O–H groups in total. The molecule has 2 unspecified atom stereocenters. The summed E-state index contributed by atoms with van der Waals surface area (Å²) < 4.78 is 5.33. The summed E-state index contributed by atoms with van der Waals surface area (Å²) in [5.41, 5.74) is 5.71. The fourth-order valence-electron chi connectivity index (χ4n) is 2.26. The van der Waals surface area contributed by atoms with Gasteiger partial charge in [0.2, 0.25) is 5.91 Å². The van der Waals surface area contributed by atoms with Gasteiger partial charge in [-0.2, -0.15) is 0 Å². The quantitative estimate of drug-likeness (QED) is 0.733. The Bertz CT molecular complexity index is 211. The van der Waals surface area contributed by atoms with Crippen LogP contribution in [0.15, 0.2) is 0 Å². The van der Waals surface area contributed by atoms with Gasteiger partial charge in [0.15, 0.2) is 0 Å². The second-order valence-corrected chi connectivity index (χ2v) is 4.41. The number of carbonyl (C=O) groups excluding carboxylic acids is 1. The minimum absolute atomic E-state index is 0.0217. The SMILES string of the molecule is CCN(CC)C(=O)C(CN)CC1CCOC1. The van der Waals surface area contributed by atoms with Crippen molar-refractivity contribution in [3.63, 3.8) is 0 Å². The molecule has 0 saturated carbocycles. The highest BCUT2D eigenvalue weighted by Gasteiger charge is 2.26. The number of hydrogen-bond donors (Lipinski definition) is 1. The molecule has 4 heteroatoms. The number of carbonyl (C=O) groups is 1. The molecule has 2 atom stereocenters. The lowest BCUT2D eigenvalue weighted by molar-refractivity contribution is -0.135. The standard InChI is InChI=1S/C12H24N2O2/c1-3-14(4-2)12(15)11(8-13)7-10-5-6-16-9-10/h10-11H,3-9,13H2,1-2H3. The maximum absolute atomic E-state index is 12.1. The Morgan fingerprint density at radius 2 is 2.19 bits per heavy atom. The van der Waals surface area contributed by atoms with Crippen LogP contribution in [0.2, 0.25) is 0 Å². The van der Waals surface area contributed by atoms with Crippen molar-refractivity contribution in [1.29, 1.82) is 0 Å². The van der Waals surface area contributed by atoms with E-state index in [1.807, 2.05) is 18.7 Å². The highest BCUT2D eigenvalue weighted by atomic mass is 16.5. The van der Waals surface area contributed by atoms with Crippen LogP contribution in [0.1, 0.15) is 26.7 Å². The van der Waals surface area contributed by atoms with Crippen LogP contribution in [-0.2, 0) is 9.53 Å². The van der Waals surface area contributed by atoms with Gasteiger partial charge in [-0.15, -0.1) is 0 Å². The van der Waals surface area contributed by atoms with Crippen molar-refractivity contribution in [2.45, 2.75) is 26.7 Å². The van der Waals surface area contributed by atoms with Crippen LogP contribution >= 0.6 is 0 Å². The van der Waals surface area contributed by atoms with Crippen molar-refractivity contribution in [2.24, 2.45) is 17.6 Å². The molecule has 4 nitrogen and oxygen atoms in total. The fourth-order valence-corrected chi connectivity index (χ4v) is 2.26. The minimum Gasteiger partial charge on any atom is -0.381 e. The van der Waals surface area contributed by atoms with E-state index in [2.05, 4.69) is 0 Å². The summed E-state index contributed by atoms with van der Waals surface area (Å²) in [6.45, 7) is 7.64. The largest absolute Gasteiger partial charge is 0.381 e. The Kier molecular flexibility index (Phi) is 5.77. The predicted molar refractivity (Wildman–Crippen MR) is 64.0 cm³/mol. The molecule has 1 saturated heterocycles. The maximum Gasteiger partial charge on any atom is 0.226 e. The molecule has 1 heterocycles.